The minimum absolute atomic E-state index is 0.00399. The Kier molecular flexibility index (Phi) is 5.36. The number of carbonyl (C=O) groups is 1. The fourth-order valence-corrected chi connectivity index (χ4v) is 2.75. The van der Waals surface area contributed by atoms with E-state index in [1.807, 2.05) is 62.4 Å². The van der Waals surface area contributed by atoms with E-state index in [-0.39, 0.29) is 5.91 Å². The molecule has 3 N–H and O–H groups in total. The average Bonchev–Trinajstić information content (AvgIpc) is 3.01. The van der Waals surface area contributed by atoms with Gasteiger partial charge in [-0.25, -0.2) is 4.98 Å². The number of H-pyrrole nitrogens is 1. The highest BCUT2D eigenvalue weighted by Crippen LogP contribution is 2.17. The van der Waals surface area contributed by atoms with E-state index in [0.717, 1.165) is 28.0 Å². The molecule has 136 valence electrons. The average molecular weight is 352 g/mol. The first-order valence-corrected chi connectivity index (χ1v) is 8.61. The molecule has 1 amide bonds. The van der Waals surface area contributed by atoms with E-state index in [2.05, 4.69) is 25.6 Å². The number of nitrogens with zero attached hydrogens (tertiary/aromatic N) is 3. The van der Waals surface area contributed by atoms with Crippen molar-refractivity contribution in [3.05, 3.63) is 47.8 Å². The van der Waals surface area contributed by atoms with Crippen LogP contribution in [0.2, 0.25) is 0 Å². The lowest BCUT2D eigenvalue weighted by atomic mass is 10.1. The lowest BCUT2D eigenvalue weighted by Crippen LogP contribution is -2.30. The number of hydrogen-bond donors (Lipinski definition) is 3. The van der Waals surface area contributed by atoms with Crippen molar-refractivity contribution in [2.75, 3.05) is 37.4 Å². The van der Waals surface area contributed by atoms with Crippen molar-refractivity contribution in [2.24, 2.45) is 0 Å². The van der Waals surface area contributed by atoms with Gasteiger partial charge in [-0.05, 0) is 18.6 Å². The number of aromatic amines is 1. The van der Waals surface area contributed by atoms with Crippen LogP contribution < -0.4 is 15.5 Å². The van der Waals surface area contributed by atoms with E-state index in [1.54, 1.807) is 0 Å². The Labute approximate surface area is 152 Å². The van der Waals surface area contributed by atoms with Crippen LogP contribution in [-0.2, 0) is 11.2 Å². The summed E-state index contributed by atoms with van der Waals surface area (Å²) in [6.07, 6.45) is 2.25. The number of carbonyl (C=O) groups excluding carboxylic acids is 1. The number of rotatable bonds is 7. The number of hydrogen-bond acceptors (Lipinski definition) is 5. The van der Waals surface area contributed by atoms with Crippen LogP contribution in [0.25, 0.3) is 10.9 Å². The second-order valence-corrected chi connectivity index (χ2v) is 6.40. The third-order valence-electron chi connectivity index (χ3n) is 4.06. The zero-order chi connectivity index (χ0) is 18.5. The highest BCUT2D eigenvalue weighted by molar-refractivity contribution is 5.88. The monoisotopic (exact) mass is 352 g/mol. The van der Waals surface area contributed by atoms with Gasteiger partial charge in [0.25, 0.3) is 0 Å². The molecule has 26 heavy (non-hydrogen) atoms. The fraction of sp³-hybridized carbons (Fsp3) is 0.316. The van der Waals surface area contributed by atoms with Crippen molar-refractivity contribution in [1.82, 2.24) is 20.3 Å². The van der Waals surface area contributed by atoms with Gasteiger partial charge in [0.1, 0.15) is 5.82 Å². The first-order chi connectivity index (χ1) is 12.5. The molecule has 0 saturated carbocycles. The van der Waals surface area contributed by atoms with Crippen LogP contribution in [0.3, 0.4) is 0 Å². The quantitative estimate of drug-likeness (QED) is 0.567. The maximum absolute atomic E-state index is 12.2. The normalized spacial score (nSPS) is 10.7. The van der Waals surface area contributed by atoms with Gasteiger partial charge in [-0.1, -0.05) is 18.2 Å². The third-order valence-corrected chi connectivity index (χ3v) is 4.06. The Morgan fingerprint density at radius 3 is 2.81 bits per heavy atom. The van der Waals surface area contributed by atoms with Gasteiger partial charge in [-0.3, -0.25) is 4.79 Å². The lowest BCUT2D eigenvalue weighted by molar-refractivity contribution is -0.120. The fourth-order valence-electron chi connectivity index (χ4n) is 2.75. The Morgan fingerprint density at radius 1 is 1.19 bits per heavy atom. The number of aryl methyl sites for hydroxylation is 1. The summed E-state index contributed by atoms with van der Waals surface area (Å²) in [6, 6.07) is 9.90. The van der Waals surface area contributed by atoms with E-state index in [9.17, 15) is 4.79 Å². The topological polar surface area (TPSA) is 85.9 Å². The molecule has 0 aliphatic heterocycles. The summed E-state index contributed by atoms with van der Waals surface area (Å²) in [6.45, 7) is 3.01. The van der Waals surface area contributed by atoms with E-state index in [4.69, 9.17) is 0 Å². The van der Waals surface area contributed by atoms with Crippen molar-refractivity contribution >= 4 is 28.6 Å². The summed E-state index contributed by atoms with van der Waals surface area (Å²) < 4.78 is 0. The molecule has 7 heteroatoms. The van der Waals surface area contributed by atoms with Gasteiger partial charge < -0.3 is 20.5 Å². The number of aromatic nitrogens is 3. The standard InChI is InChI=1S/C19H24N6O/c1-13-10-17(25(2)3)24-19(23-13)21-9-8-20-18(26)11-14-12-22-16-7-5-4-6-15(14)16/h4-7,10,12,22H,8-9,11H2,1-3H3,(H,20,26)(H,21,23,24). The molecule has 1 aromatic carbocycles. The van der Waals surface area contributed by atoms with Crippen molar-refractivity contribution < 1.29 is 4.79 Å². The summed E-state index contributed by atoms with van der Waals surface area (Å²) in [5.74, 6) is 1.42. The SMILES string of the molecule is Cc1cc(N(C)C)nc(NCCNC(=O)Cc2c[nH]c3ccccc23)n1. The molecular weight excluding hydrogens is 328 g/mol. The van der Waals surface area contributed by atoms with E-state index >= 15 is 0 Å². The summed E-state index contributed by atoms with van der Waals surface area (Å²) in [5.41, 5.74) is 2.95. The Bertz CT molecular complexity index is 902. The van der Waals surface area contributed by atoms with Gasteiger partial charge in [0.15, 0.2) is 0 Å². The summed E-state index contributed by atoms with van der Waals surface area (Å²) in [4.78, 5) is 26.1. The zero-order valence-electron chi connectivity index (χ0n) is 15.3. The minimum atomic E-state index is -0.00399. The second-order valence-electron chi connectivity index (χ2n) is 6.40. The second kappa shape index (κ2) is 7.86. The van der Waals surface area contributed by atoms with Crippen LogP contribution in [0.1, 0.15) is 11.3 Å². The van der Waals surface area contributed by atoms with Crippen LogP contribution in [0.15, 0.2) is 36.5 Å². The molecule has 3 rings (SSSR count). The van der Waals surface area contributed by atoms with Crippen LogP contribution in [-0.4, -0.2) is 48.0 Å². The molecule has 0 spiro atoms. The third kappa shape index (κ3) is 4.30. The van der Waals surface area contributed by atoms with Crippen LogP contribution >= 0.6 is 0 Å². The molecule has 0 fully saturated rings. The molecule has 0 radical (unpaired) electrons. The Morgan fingerprint density at radius 2 is 2.00 bits per heavy atom. The van der Waals surface area contributed by atoms with Gasteiger partial charge in [-0.2, -0.15) is 4.98 Å². The van der Waals surface area contributed by atoms with Gasteiger partial charge in [0, 0.05) is 56.0 Å². The minimum Gasteiger partial charge on any atom is -0.363 e. The lowest BCUT2D eigenvalue weighted by Gasteiger charge is -2.14. The van der Waals surface area contributed by atoms with Gasteiger partial charge >= 0.3 is 0 Å². The molecule has 0 aliphatic carbocycles. The summed E-state index contributed by atoms with van der Waals surface area (Å²) in [7, 11) is 3.88. The maximum atomic E-state index is 12.2. The first kappa shape index (κ1) is 17.7. The highest BCUT2D eigenvalue weighted by atomic mass is 16.1. The van der Waals surface area contributed by atoms with E-state index < -0.39 is 0 Å². The van der Waals surface area contributed by atoms with Crippen molar-refractivity contribution in [2.45, 2.75) is 13.3 Å². The smallest absolute Gasteiger partial charge is 0.224 e. The number of fused-ring (bicyclic) bond motifs is 1. The Hall–Kier alpha value is -3.09. The molecule has 0 unspecified atom stereocenters. The van der Waals surface area contributed by atoms with Crippen LogP contribution in [0.4, 0.5) is 11.8 Å². The number of para-hydroxylation sites is 1. The Balaban J connectivity index is 1.48. The molecule has 0 atom stereocenters. The zero-order valence-corrected chi connectivity index (χ0v) is 15.3. The predicted octanol–water partition coefficient (Wildman–Crippen LogP) is 2.10. The molecule has 0 saturated heterocycles. The van der Waals surface area contributed by atoms with Crippen LogP contribution in [0.5, 0.6) is 0 Å². The first-order valence-electron chi connectivity index (χ1n) is 8.61. The highest BCUT2D eigenvalue weighted by Gasteiger charge is 2.08. The largest absolute Gasteiger partial charge is 0.363 e. The molecular formula is C19H24N6O. The molecule has 3 aromatic rings. The maximum Gasteiger partial charge on any atom is 0.224 e. The molecule has 0 bridgehead atoms. The number of benzene rings is 1. The van der Waals surface area contributed by atoms with Crippen molar-refractivity contribution in [3.8, 4) is 0 Å². The molecule has 2 aromatic heterocycles. The number of anilines is 2. The van der Waals surface area contributed by atoms with E-state index in [0.29, 0.717) is 25.5 Å². The van der Waals surface area contributed by atoms with E-state index in [1.165, 1.54) is 0 Å². The van der Waals surface area contributed by atoms with Gasteiger partial charge in [0.2, 0.25) is 11.9 Å². The van der Waals surface area contributed by atoms with Gasteiger partial charge in [-0.15, -0.1) is 0 Å². The predicted molar refractivity (Wildman–Crippen MR) is 105 cm³/mol. The van der Waals surface area contributed by atoms with Crippen molar-refractivity contribution in [3.63, 3.8) is 0 Å². The number of amides is 1. The van der Waals surface area contributed by atoms with Crippen LogP contribution in [0, 0.1) is 6.92 Å². The summed E-state index contributed by atoms with van der Waals surface area (Å²) >= 11 is 0. The summed E-state index contributed by atoms with van der Waals surface area (Å²) in [5, 5.41) is 7.17. The molecule has 7 nitrogen and oxygen atoms in total. The van der Waals surface area contributed by atoms with Gasteiger partial charge in [0.05, 0.1) is 6.42 Å². The molecule has 0 aliphatic rings. The molecule has 2 heterocycles. The van der Waals surface area contributed by atoms with Crippen molar-refractivity contribution in [1.29, 1.82) is 0 Å². The number of nitrogens with one attached hydrogen (secondary N) is 3.